The van der Waals surface area contributed by atoms with Gasteiger partial charge in [0.05, 0.1) is 25.3 Å². The quantitative estimate of drug-likeness (QED) is 0.814. The van der Waals surface area contributed by atoms with Crippen molar-refractivity contribution in [3.05, 3.63) is 53.7 Å². The van der Waals surface area contributed by atoms with Crippen molar-refractivity contribution >= 4 is 5.91 Å². The molecule has 0 bridgehead atoms. The average Bonchev–Trinajstić information content (AvgIpc) is 2.58. The molecule has 1 aliphatic heterocycles. The van der Waals surface area contributed by atoms with Gasteiger partial charge in [-0.05, 0) is 37.3 Å². The zero-order valence-corrected chi connectivity index (χ0v) is 14.0. The van der Waals surface area contributed by atoms with Crippen LogP contribution in [-0.2, 0) is 6.18 Å². The van der Waals surface area contributed by atoms with Crippen LogP contribution in [0.5, 0.6) is 11.6 Å². The molecule has 0 spiro atoms. The van der Waals surface area contributed by atoms with Crippen molar-refractivity contribution in [2.75, 3.05) is 19.7 Å². The van der Waals surface area contributed by atoms with Crippen LogP contribution in [0.1, 0.15) is 22.8 Å². The molecule has 8 heteroatoms. The normalized spacial score (nSPS) is 14.7. The summed E-state index contributed by atoms with van der Waals surface area (Å²) in [5.41, 5.74) is -0.298. The highest BCUT2D eigenvalue weighted by Gasteiger charge is 2.34. The highest BCUT2D eigenvalue weighted by molar-refractivity contribution is 5.94. The first kappa shape index (κ1) is 18.0. The van der Waals surface area contributed by atoms with Crippen molar-refractivity contribution in [2.24, 2.45) is 0 Å². The second kappa shape index (κ2) is 7.23. The molecule has 1 saturated heterocycles. The molecule has 0 N–H and O–H groups in total. The predicted molar refractivity (Wildman–Crippen MR) is 87.2 cm³/mol. The standard InChI is InChI=1S/C18H17F3N2O3/c1-2-25-14-5-3-12(4-6-14)17(24)23-10-15(11-23)26-16-9-13(7-8-22-16)18(19,20)21/h3-9,15H,2,10-11H2,1H3. The lowest BCUT2D eigenvalue weighted by molar-refractivity contribution is -0.137. The Hall–Kier alpha value is -2.77. The number of likely N-dealkylation sites (tertiary alicyclic amines) is 1. The minimum atomic E-state index is -4.45. The summed E-state index contributed by atoms with van der Waals surface area (Å²) in [4.78, 5) is 17.7. The van der Waals surface area contributed by atoms with E-state index in [0.717, 1.165) is 18.3 Å². The smallest absolute Gasteiger partial charge is 0.416 e. The largest absolute Gasteiger partial charge is 0.494 e. The molecule has 138 valence electrons. The first-order chi connectivity index (χ1) is 12.4. The van der Waals surface area contributed by atoms with Crippen LogP contribution in [0, 0.1) is 0 Å². The van der Waals surface area contributed by atoms with Gasteiger partial charge in [-0.25, -0.2) is 4.98 Å². The lowest BCUT2D eigenvalue weighted by Crippen LogP contribution is -2.56. The Balaban J connectivity index is 1.55. The van der Waals surface area contributed by atoms with E-state index in [9.17, 15) is 18.0 Å². The van der Waals surface area contributed by atoms with Crippen LogP contribution in [0.2, 0.25) is 0 Å². The third kappa shape index (κ3) is 4.07. The van der Waals surface area contributed by atoms with Crippen LogP contribution in [0.4, 0.5) is 13.2 Å². The molecular formula is C18H17F3N2O3. The fourth-order valence-electron chi connectivity index (χ4n) is 2.54. The van der Waals surface area contributed by atoms with Crippen LogP contribution in [0.25, 0.3) is 0 Å². The Labute approximate surface area is 148 Å². The van der Waals surface area contributed by atoms with E-state index in [1.165, 1.54) is 0 Å². The highest BCUT2D eigenvalue weighted by atomic mass is 19.4. The van der Waals surface area contributed by atoms with Gasteiger partial charge in [-0.1, -0.05) is 0 Å². The summed E-state index contributed by atoms with van der Waals surface area (Å²) in [7, 11) is 0. The maximum atomic E-state index is 12.7. The van der Waals surface area contributed by atoms with E-state index >= 15 is 0 Å². The fourth-order valence-corrected chi connectivity index (χ4v) is 2.54. The van der Waals surface area contributed by atoms with Crippen molar-refractivity contribution < 1.29 is 27.4 Å². The number of benzene rings is 1. The van der Waals surface area contributed by atoms with Gasteiger partial charge >= 0.3 is 6.18 Å². The molecule has 0 saturated carbocycles. The molecule has 3 rings (SSSR count). The number of hydrogen-bond donors (Lipinski definition) is 0. The van der Waals surface area contributed by atoms with Crippen molar-refractivity contribution in [1.29, 1.82) is 0 Å². The number of hydrogen-bond acceptors (Lipinski definition) is 4. The zero-order chi connectivity index (χ0) is 18.7. The Morgan fingerprint density at radius 1 is 1.23 bits per heavy atom. The summed E-state index contributed by atoms with van der Waals surface area (Å²) in [6.45, 7) is 3.01. The summed E-state index contributed by atoms with van der Waals surface area (Å²) in [6.07, 6.45) is -3.77. The molecule has 0 radical (unpaired) electrons. The van der Waals surface area contributed by atoms with Crippen LogP contribution in [0.3, 0.4) is 0 Å². The molecule has 0 aliphatic carbocycles. The van der Waals surface area contributed by atoms with Gasteiger partial charge in [-0.2, -0.15) is 13.2 Å². The number of rotatable bonds is 5. The average molecular weight is 366 g/mol. The number of halogens is 3. The van der Waals surface area contributed by atoms with Gasteiger partial charge in [0.2, 0.25) is 5.88 Å². The molecule has 1 aromatic carbocycles. The Kier molecular flexibility index (Phi) is 5.01. The molecule has 0 unspecified atom stereocenters. The van der Waals surface area contributed by atoms with Gasteiger partial charge in [0.25, 0.3) is 5.91 Å². The number of nitrogens with zero attached hydrogens (tertiary/aromatic N) is 2. The molecular weight excluding hydrogens is 349 g/mol. The maximum absolute atomic E-state index is 12.7. The lowest BCUT2D eigenvalue weighted by Gasteiger charge is -2.38. The number of alkyl halides is 3. The predicted octanol–water partition coefficient (Wildman–Crippen LogP) is 3.40. The number of ether oxygens (including phenoxy) is 2. The second-order valence-electron chi connectivity index (χ2n) is 5.79. The maximum Gasteiger partial charge on any atom is 0.416 e. The molecule has 26 heavy (non-hydrogen) atoms. The van der Waals surface area contributed by atoms with Gasteiger partial charge in [0, 0.05) is 17.8 Å². The van der Waals surface area contributed by atoms with E-state index in [2.05, 4.69) is 4.98 Å². The molecule has 1 aliphatic rings. The fraction of sp³-hybridized carbons (Fsp3) is 0.333. The Morgan fingerprint density at radius 2 is 1.92 bits per heavy atom. The van der Waals surface area contributed by atoms with E-state index in [1.54, 1.807) is 29.2 Å². The second-order valence-corrected chi connectivity index (χ2v) is 5.79. The number of carbonyl (C=O) groups excluding carboxylic acids is 1. The van der Waals surface area contributed by atoms with Crippen molar-refractivity contribution in [3.63, 3.8) is 0 Å². The number of carbonyl (C=O) groups is 1. The summed E-state index contributed by atoms with van der Waals surface area (Å²) in [5.74, 6) is 0.424. The minimum Gasteiger partial charge on any atom is -0.494 e. The van der Waals surface area contributed by atoms with Crippen LogP contribution in [0.15, 0.2) is 42.6 Å². The van der Waals surface area contributed by atoms with Crippen LogP contribution >= 0.6 is 0 Å². The van der Waals surface area contributed by atoms with Gasteiger partial charge in [0.15, 0.2) is 0 Å². The third-order valence-electron chi connectivity index (χ3n) is 3.90. The summed E-state index contributed by atoms with van der Waals surface area (Å²) in [6, 6.07) is 8.53. The van der Waals surface area contributed by atoms with Gasteiger partial charge < -0.3 is 14.4 Å². The van der Waals surface area contributed by atoms with Crippen molar-refractivity contribution in [2.45, 2.75) is 19.2 Å². The summed E-state index contributed by atoms with van der Waals surface area (Å²) < 4.78 is 48.8. The molecule has 1 fully saturated rings. The molecule has 2 aromatic rings. The molecule has 1 aromatic heterocycles. The van der Waals surface area contributed by atoms with E-state index in [-0.39, 0.29) is 17.9 Å². The number of aromatic nitrogens is 1. The van der Waals surface area contributed by atoms with Crippen molar-refractivity contribution in [1.82, 2.24) is 9.88 Å². The summed E-state index contributed by atoms with van der Waals surface area (Å²) in [5, 5.41) is 0. The van der Waals surface area contributed by atoms with Crippen LogP contribution in [-0.4, -0.2) is 41.6 Å². The first-order valence-corrected chi connectivity index (χ1v) is 8.09. The first-order valence-electron chi connectivity index (χ1n) is 8.09. The van der Waals surface area contributed by atoms with Crippen LogP contribution < -0.4 is 9.47 Å². The SMILES string of the molecule is CCOc1ccc(C(=O)N2CC(Oc3cc(C(F)(F)F)ccn3)C2)cc1. The molecule has 1 amide bonds. The Bertz CT molecular complexity index is 772. The molecule has 0 atom stereocenters. The Morgan fingerprint density at radius 3 is 2.54 bits per heavy atom. The van der Waals surface area contributed by atoms with Gasteiger partial charge in [-0.3, -0.25) is 4.79 Å². The minimum absolute atomic E-state index is 0.0991. The monoisotopic (exact) mass is 366 g/mol. The van der Waals surface area contributed by atoms with E-state index in [0.29, 0.717) is 31.0 Å². The lowest BCUT2D eigenvalue weighted by atomic mass is 10.1. The molecule has 2 heterocycles. The highest BCUT2D eigenvalue weighted by Crippen LogP contribution is 2.31. The van der Waals surface area contributed by atoms with E-state index in [4.69, 9.17) is 9.47 Å². The molecule has 5 nitrogen and oxygen atoms in total. The zero-order valence-electron chi connectivity index (χ0n) is 14.0. The number of amides is 1. The van der Waals surface area contributed by atoms with Crippen molar-refractivity contribution in [3.8, 4) is 11.6 Å². The third-order valence-corrected chi connectivity index (χ3v) is 3.90. The number of pyridine rings is 1. The summed E-state index contributed by atoms with van der Waals surface area (Å²) >= 11 is 0. The van der Waals surface area contributed by atoms with E-state index in [1.807, 2.05) is 6.92 Å². The van der Waals surface area contributed by atoms with Gasteiger partial charge in [-0.15, -0.1) is 0 Å². The van der Waals surface area contributed by atoms with E-state index < -0.39 is 11.7 Å². The van der Waals surface area contributed by atoms with Gasteiger partial charge in [0.1, 0.15) is 11.9 Å². The topological polar surface area (TPSA) is 51.7 Å².